The average Bonchev–Trinajstić information content (AvgIpc) is 3.60. The van der Waals surface area contributed by atoms with Gasteiger partial charge in [0.05, 0.1) is 0 Å². The Morgan fingerprint density at radius 1 is 0.800 bits per heavy atom. The van der Waals surface area contributed by atoms with Gasteiger partial charge in [-0.25, -0.2) is 0 Å². The van der Waals surface area contributed by atoms with Crippen molar-refractivity contribution in [2.75, 3.05) is 0 Å². The molecule has 0 amide bonds. The van der Waals surface area contributed by atoms with E-state index in [1.807, 2.05) is 78.9 Å². The fraction of sp³-hybridized carbons (Fsp3) is 0.290. The maximum atomic E-state index is 13.7. The van der Waals surface area contributed by atoms with Gasteiger partial charge in [-0.3, -0.25) is 9.59 Å². The summed E-state index contributed by atoms with van der Waals surface area (Å²) in [6, 6.07) is 29.2. The van der Waals surface area contributed by atoms with Crippen LogP contribution in [0.25, 0.3) is 6.08 Å². The van der Waals surface area contributed by atoms with Crippen LogP contribution in [0.3, 0.4) is 0 Å². The molecule has 0 aromatic heterocycles. The lowest BCUT2D eigenvalue weighted by atomic mass is 9.81. The fourth-order valence-corrected chi connectivity index (χ4v) is 5.68. The number of rotatable bonds is 8. The van der Waals surface area contributed by atoms with E-state index in [4.69, 9.17) is 9.47 Å². The molecular formula is C31H30O4. The van der Waals surface area contributed by atoms with Gasteiger partial charge in [-0.05, 0) is 47.3 Å². The number of esters is 2. The van der Waals surface area contributed by atoms with Crippen LogP contribution in [0.5, 0.6) is 0 Å². The summed E-state index contributed by atoms with van der Waals surface area (Å²) in [5, 5.41) is 0. The number of hydrogen-bond donors (Lipinski definition) is 0. The first kappa shape index (κ1) is 23.1. The predicted octanol–water partition coefficient (Wildman–Crippen LogP) is 6.36. The van der Waals surface area contributed by atoms with Crippen LogP contribution in [-0.4, -0.2) is 11.9 Å². The summed E-state index contributed by atoms with van der Waals surface area (Å²) in [5.74, 6) is -1.06. The van der Waals surface area contributed by atoms with Gasteiger partial charge in [0.2, 0.25) is 0 Å². The molecule has 0 spiro atoms. The Morgan fingerprint density at radius 2 is 1.29 bits per heavy atom. The molecular weight excluding hydrogens is 436 g/mol. The van der Waals surface area contributed by atoms with Crippen LogP contribution in [0.1, 0.15) is 42.9 Å². The number of allylic oxidation sites excluding steroid dienone is 1. The summed E-state index contributed by atoms with van der Waals surface area (Å²) >= 11 is 0. The highest BCUT2D eigenvalue weighted by molar-refractivity contribution is 6.03. The second-order valence-corrected chi connectivity index (χ2v) is 9.62. The topological polar surface area (TPSA) is 52.6 Å². The molecule has 4 heteroatoms. The first-order valence-electron chi connectivity index (χ1n) is 12.3. The first-order chi connectivity index (χ1) is 17.1. The van der Waals surface area contributed by atoms with Crippen molar-refractivity contribution in [3.63, 3.8) is 0 Å². The summed E-state index contributed by atoms with van der Waals surface area (Å²) in [4.78, 5) is 27.5. The van der Waals surface area contributed by atoms with Crippen LogP contribution in [0, 0.1) is 16.7 Å². The summed E-state index contributed by atoms with van der Waals surface area (Å²) in [6.07, 6.45) is 4.15. The fourth-order valence-electron chi connectivity index (χ4n) is 5.68. The highest BCUT2D eigenvalue weighted by atomic mass is 16.6. The van der Waals surface area contributed by atoms with E-state index in [0.29, 0.717) is 6.42 Å². The first-order valence-corrected chi connectivity index (χ1v) is 12.3. The van der Waals surface area contributed by atoms with Gasteiger partial charge in [-0.2, -0.15) is 0 Å². The van der Waals surface area contributed by atoms with Crippen LogP contribution in [-0.2, 0) is 32.3 Å². The van der Waals surface area contributed by atoms with E-state index >= 15 is 0 Å². The quantitative estimate of drug-likeness (QED) is 0.286. The van der Waals surface area contributed by atoms with Gasteiger partial charge in [0.15, 0.2) is 5.41 Å². The maximum Gasteiger partial charge on any atom is 0.324 e. The molecule has 4 nitrogen and oxygen atoms in total. The Bertz CT molecular complexity index is 1160. The van der Waals surface area contributed by atoms with Crippen LogP contribution in [0.4, 0.5) is 0 Å². The highest BCUT2D eigenvalue weighted by Gasteiger charge is 2.76. The Morgan fingerprint density at radius 3 is 1.77 bits per heavy atom. The third kappa shape index (κ3) is 4.29. The van der Waals surface area contributed by atoms with Crippen molar-refractivity contribution in [3.05, 3.63) is 113 Å². The molecule has 0 saturated heterocycles. The molecule has 0 aliphatic heterocycles. The molecule has 2 saturated carbocycles. The molecule has 5 rings (SSSR count). The molecule has 0 unspecified atom stereocenters. The van der Waals surface area contributed by atoms with Crippen molar-refractivity contribution in [3.8, 4) is 0 Å². The zero-order chi connectivity index (χ0) is 24.3. The third-order valence-corrected chi connectivity index (χ3v) is 7.70. The SMILES string of the molecule is CC[C@@]12C[C@@H]1C(C(=O)OCc1ccccc1)(C(=O)OCc1ccccc1)C/C2=C\c1ccccc1. The van der Waals surface area contributed by atoms with E-state index in [0.717, 1.165) is 35.1 Å². The number of carbonyl (C=O) groups excluding carboxylic acids is 2. The van der Waals surface area contributed by atoms with Crippen molar-refractivity contribution < 1.29 is 19.1 Å². The predicted molar refractivity (Wildman–Crippen MR) is 135 cm³/mol. The molecule has 0 heterocycles. The van der Waals surface area contributed by atoms with Crippen molar-refractivity contribution >= 4 is 18.0 Å². The maximum absolute atomic E-state index is 13.7. The lowest BCUT2D eigenvalue weighted by molar-refractivity contribution is -0.175. The molecule has 3 aromatic rings. The zero-order valence-corrected chi connectivity index (χ0v) is 20.0. The van der Waals surface area contributed by atoms with E-state index in [1.165, 1.54) is 0 Å². The van der Waals surface area contributed by atoms with Gasteiger partial charge < -0.3 is 9.47 Å². The second-order valence-electron chi connectivity index (χ2n) is 9.62. The molecule has 2 aliphatic rings. The van der Waals surface area contributed by atoms with E-state index in [1.54, 1.807) is 0 Å². The molecule has 35 heavy (non-hydrogen) atoms. The largest absolute Gasteiger partial charge is 0.460 e. The molecule has 0 N–H and O–H groups in total. The number of benzene rings is 3. The molecule has 2 fully saturated rings. The summed E-state index contributed by atoms with van der Waals surface area (Å²) in [5.41, 5.74) is 2.53. The van der Waals surface area contributed by atoms with Crippen LogP contribution in [0.2, 0.25) is 0 Å². The minimum Gasteiger partial charge on any atom is -0.460 e. The number of hydrogen-bond acceptors (Lipinski definition) is 4. The van der Waals surface area contributed by atoms with Gasteiger partial charge in [0, 0.05) is 0 Å². The Labute approximate surface area is 206 Å². The lowest BCUT2D eigenvalue weighted by Crippen LogP contribution is -2.42. The van der Waals surface area contributed by atoms with E-state index in [9.17, 15) is 9.59 Å². The molecule has 2 aliphatic carbocycles. The molecule has 0 bridgehead atoms. The Kier molecular flexibility index (Phi) is 6.29. The van der Waals surface area contributed by atoms with Crippen molar-refractivity contribution in [1.82, 2.24) is 0 Å². The third-order valence-electron chi connectivity index (χ3n) is 7.70. The summed E-state index contributed by atoms with van der Waals surface area (Å²) in [6.45, 7) is 2.41. The summed E-state index contributed by atoms with van der Waals surface area (Å²) < 4.78 is 11.6. The van der Waals surface area contributed by atoms with Crippen molar-refractivity contribution in [2.24, 2.45) is 16.7 Å². The van der Waals surface area contributed by atoms with E-state index < -0.39 is 17.4 Å². The number of fused-ring (bicyclic) bond motifs is 1. The van der Waals surface area contributed by atoms with Crippen molar-refractivity contribution in [2.45, 2.75) is 39.4 Å². The lowest BCUT2D eigenvalue weighted by Gasteiger charge is -2.27. The minimum absolute atomic E-state index is 0.110. The molecule has 0 radical (unpaired) electrons. The standard InChI is InChI=1S/C31H30O4/c1-2-30-20-27(30)31(19-26(30)18-23-12-6-3-7-13-23,28(32)34-21-24-14-8-4-9-15-24)29(33)35-22-25-16-10-5-11-17-25/h3-18,27H,2,19-22H2,1H3/b26-18+/t27-,30-/m0/s1. The van der Waals surface area contributed by atoms with Gasteiger partial charge in [-0.1, -0.05) is 110 Å². The highest BCUT2D eigenvalue weighted by Crippen LogP contribution is 2.75. The van der Waals surface area contributed by atoms with Gasteiger partial charge >= 0.3 is 11.9 Å². The number of ether oxygens (including phenoxy) is 2. The summed E-state index contributed by atoms with van der Waals surface area (Å²) in [7, 11) is 0. The van der Waals surface area contributed by atoms with Crippen LogP contribution < -0.4 is 0 Å². The minimum atomic E-state index is -1.32. The smallest absolute Gasteiger partial charge is 0.324 e. The monoisotopic (exact) mass is 466 g/mol. The molecule has 178 valence electrons. The molecule has 2 atom stereocenters. The Hall–Kier alpha value is -3.66. The Balaban J connectivity index is 1.45. The van der Waals surface area contributed by atoms with E-state index in [2.05, 4.69) is 25.1 Å². The van der Waals surface area contributed by atoms with Crippen LogP contribution >= 0.6 is 0 Å². The zero-order valence-electron chi connectivity index (χ0n) is 20.0. The van der Waals surface area contributed by atoms with E-state index in [-0.39, 0.29) is 24.5 Å². The second kappa shape index (κ2) is 9.53. The molecule has 3 aromatic carbocycles. The van der Waals surface area contributed by atoms with Crippen molar-refractivity contribution in [1.29, 1.82) is 0 Å². The van der Waals surface area contributed by atoms with Crippen LogP contribution in [0.15, 0.2) is 96.6 Å². The number of carbonyl (C=O) groups is 2. The normalized spacial score (nSPS) is 22.9. The van der Waals surface area contributed by atoms with Gasteiger partial charge in [0.25, 0.3) is 0 Å². The van der Waals surface area contributed by atoms with Gasteiger partial charge in [0.1, 0.15) is 13.2 Å². The average molecular weight is 467 g/mol. The van der Waals surface area contributed by atoms with Gasteiger partial charge in [-0.15, -0.1) is 0 Å².